The Morgan fingerprint density at radius 1 is 0.588 bits per heavy atom. The predicted molar refractivity (Wildman–Crippen MR) is 255 cm³/mol. The van der Waals surface area contributed by atoms with Crippen LogP contribution in [0.25, 0.3) is 0 Å². The summed E-state index contributed by atoms with van der Waals surface area (Å²) in [4.78, 5) is 10.3. The number of hydrogen-bond acceptors (Lipinski definition) is 12. The summed E-state index contributed by atoms with van der Waals surface area (Å²) in [5.74, 6) is 1.64. The molecule has 1 unspecified atom stereocenters. The summed E-state index contributed by atoms with van der Waals surface area (Å²) in [6, 6.07) is 0. The van der Waals surface area contributed by atoms with Gasteiger partial charge in [0.15, 0.2) is 25.5 Å². The zero-order chi connectivity index (χ0) is 32.4. The topological polar surface area (TPSA) is 139 Å². The van der Waals surface area contributed by atoms with E-state index in [-0.39, 0.29) is 124 Å². The van der Waals surface area contributed by atoms with Gasteiger partial charge in [0.2, 0.25) is 0 Å². The van der Waals surface area contributed by atoms with Crippen LogP contribution < -0.4 is 0 Å². The molecular weight excluding hydrogens is 752 g/mol. The Kier molecular flexibility index (Phi) is 202. The van der Waals surface area contributed by atoms with Gasteiger partial charge >= 0.3 is 0 Å². The van der Waals surface area contributed by atoms with Crippen molar-refractivity contribution < 1.29 is 45.1 Å². The van der Waals surface area contributed by atoms with Crippen molar-refractivity contribution in [3.8, 4) is 0 Å². The number of carbonyl (C=O) groups is 1. The first-order chi connectivity index (χ1) is 18.0. The molecule has 15 heteroatoms. The van der Waals surface area contributed by atoms with Gasteiger partial charge < -0.3 is 23.5 Å². The minimum atomic E-state index is -2.89. The van der Waals surface area contributed by atoms with Gasteiger partial charge in [-0.05, 0) is 38.0 Å². The van der Waals surface area contributed by atoms with Crippen molar-refractivity contribution in [2.75, 3.05) is 102 Å². The molecular formula is C36H107O10PS4. The third-order valence-electron chi connectivity index (χ3n) is 3.82. The Morgan fingerprint density at radius 2 is 0.922 bits per heavy atom. The zero-order valence-corrected chi connectivity index (χ0v) is 30.9. The second-order valence-electron chi connectivity index (χ2n) is 7.39. The van der Waals surface area contributed by atoms with Crippen LogP contribution in [0.5, 0.6) is 0 Å². The Balaban J connectivity index is -0.0000000155. The van der Waals surface area contributed by atoms with Crippen LogP contribution in [-0.4, -0.2) is 124 Å². The van der Waals surface area contributed by atoms with Gasteiger partial charge in [-0.1, -0.05) is 124 Å². The monoisotopic (exact) mass is 859 g/mol. The number of ketones is 1. The summed E-state index contributed by atoms with van der Waals surface area (Å²) >= 11 is 3.20. The van der Waals surface area contributed by atoms with E-state index < -0.39 is 26.8 Å². The van der Waals surface area contributed by atoms with Crippen LogP contribution in [0.15, 0.2) is 0 Å². The highest BCUT2D eigenvalue weighted by atomic mass is 32.3. The van der Waals surface area contributed by atoms with Crippen LogP contribution in [-0.2, 0) is 48.0 Å². The summed E-state index contributed by atoms with van der Waals surface area (Å²) < 4.78 is 71.4. The van der Waals surface area contributed by atoms with E-state index in [2.05, 4.69) is 27.4 Å². The molecule has 340 valence electrons. The quantitative estimate of drug-likeness (QED) is 0.154. The minimum Gasteiger partial charge on any atom is -0.385 e. The minimum absolute atomic E-state index is 0. The highest BCUT2D eigenvalue weighted by Gasteiger charge is 2.09. The third-order valence-corrected chi connectivity index (χ3v) is 11.3. The number of methoxy groups -OCH3 is 4. The molecule has 0 aromatic heterocycles. The Labute approximate surface area is 338 Å². The van der Waals surface area contributed by atoms with Crippen LogP contribution in [0.2, 0.25) is 0 Å². The fraction of sp³-hybridized carbons (Fsp3) is 0.972. The van der Waals surface area contributed by atoms with Gasteiger partial charge in [0.25, 0.3) is 0 Å². The molecule has 0 rings (SSSR count). The van der Waals surface area contributed by atoms with Gasteiger partial charge in [-0.3, -0.25) is 4.79 Å². The van der Waals surface area contributed by atoms with Crippen molar-refractivity contribution in [1.29, 1.82) is 0 Å². The van der Waals surface area contributed by atoms with Crippen molar-refractivity contribution in [1.82, 2.24) is 0 Å². The maximum absolute atomic E-state index is 11.1. The number of hydrogen-bond donors (Lipinski definition) is 0. The molecule has 0 N–H and O–H groups in total. The van der Waals surface area contributed by atoms with Gasteiger partial charge in [-0.2, -0.15) is 11.8 Å². The SMILES string of the molecule is C.C.C.C.C.C.C.C.C.C.C.C.CCC(=O)COC.CCOC.CCP(C)(=O)COC.CCS(=O)(=O)COC.CCS(=O)(=O)CSC.CCSC. The first-order valence-corrected chi connectivity index (χ1v) is 21.4. The van der Waals surface area contributed by atoms with Crippen molar-refractivity contribution in [2.24, 2.45) is 0 Å². The van der Waals surface area contributed by atoms with E-state index in [1.807, 2.05) is 32.5 Å². The molecule has 0 amide bonds. The Bertz CT molecular complexity index is 694. The lowest BCUT2D eigenvalue weighted by atomic mass is 10.3. The Hall–Kier alpha value is 0.340. The van der Waals surface area contributed by atoms with E-state index in [1.54, 1.807) is 41.0 Å². The molecule has 0 aliphatic rings. The summed E-state index contributed by atoms with van der Waals surface area (Å²) in [7, 11) is -1.35. The average molecular weight is 859 g/mol. The molecule has 0 aromatic rings. The maximum Gasteiger partial charge on any atom is 0.173 e. The summed E-state index contributed by atoms with van der Waals surface area (Å²) in [5, 5.41) is 0.253. The molecule has 10 nitrogen and oxygen atoms in total. The van der Waals surface area contributed by atoms with Crippen LogP contribution >= 0.6 is 30.7 Å². The highest BCUT2D eigenvalue weighted by molar-refractivity contribution is 8.12. The largest absolute Gasteiger partial charge is 0.385 e. The predicted octanol–water partition coefficient (Wildman–Crippen LogP) is 12.6. The molecule has 0 saturated carbocycles. The van der Waals surface area contributed by atoms with E-state index in [9.17, 15) is 26.2 Å². The number of rotatable bonds is 14. The van der Waals surface area contributed by atoms with Gasteiger partial charge in [0.05, 0.1) is 11.4 Å². The lowest BCUT2D eigenvalue weighted by Crippen LogP contribution is -2.09. The van der Waals surface area contributed by atoms with Crippen molar-refractivity contribution in [3.63, 3.8) is 0 Å². The standard InChI is InChI=1S/C5H13O2P.C5H10O2.C4H10O3S.C4H10O2S2.C3H8O.C3H8S.12CH4/c1-4-8(3,6)5-7-2;1-3-5(6)4-7-2;2*1-3-8(5,6)4-7-2;2*1-3-4-2;;;;;;;;;;;;/h4-5H2,1-3H3;3-4H2,1-2H3;2*3-4H2,1-2H3;2*3H2,1-2H3;12*1H4. The molecule has 0 aliphatic carbocycles. The van der Waals surface area contributed by atoms with Crippen LogP contribution in [0.4, 0.5) is 0 Å². The second-order valence-corrected chi connectivity index (χ2v) is 17.9. The van der Waals surface area contributed by atoms with E-state index >= 15 is 0 Å². The van der Waals surface area contributed by atoms with Gasteiger partial charge in [0, 0.05) is 53.0 Å². The van der Waals surface area contributed by atoms with Gasteiger partial charge in [0.1, 0.15) is 19.7 Å². The average Bonchev–Trinajstić information content (AvgIpc) is 2.90. The first kappa shape index (κ1) is 117. The molecule has 0 spiro atoms. The van der Waals surface area contributed by atoms with Crippen molar-refractivity contribution in [3.05, 3.63) is 0 Å². The lowest BCUT2D eigenvalue weighted by molar-refractivity contribution is -0.122. The number of ether oxygens (including phenoxy) is 4. The number of thioether (sulfide) groups is 2. The van der Waals surface area contributed by atoms with Gasteiger partial charge in [-0.25, -0.2) is 16.8 Å². The first-order valence-electron chi connectivity index (χ1n) is 12.4. The zero-order valence-electron chi connectivity index (χ0n) is 26.7. The molecule has 0 aliphatic heterocycles. The van der Waals surface area contributed by atoms with Crippen LogP contribution in [0.3, 0.4) is 0 Å². The molecule has 0 aromatic carbocycles. The second kappa shape index (κ2) is 87.9. The van der Waals surface area contributed by atoms with E-state index in [0.29, 0.717) is 12.8 Å². The summed E-state index contributed by atoms with van der Waals surface area (Å²) in [6.45, 7) is 13.9. The summed E-state index contributed by atoms with van der Waals surface area (Å²) in [5.41, 5.74) is 0. The number of carbonyl (C=O) groups excluding carboxylic acids is 1. The highest BCUT2D eigenvalue weighted by Crippen LogP contribution is 2.39. The van der Waals surface area contributed by atoms with Crippen molar-refractivity contribution in [2.45, 2.75) is 137 Å². The number of sulfone groups is 2. The fourth-order valence-corrected chi connectivity index (χ4v) is 4.51. The van der Waals surface area contributed by atoms with E-state index in [0.717, 1.165) is 12.8 Å². The molecule has 51 heavy (non-hydrogen) atoms. The summed E-state index contributed by atoms with van der Waals surface area (Å²) in [6.07, 6.45) is 5.62. The fourth-order valence-electron chi connectivity index (χ4n) is 1.15. The van der Waals surface area contributed by atoms with Crippen LogP contribution in [0.1, 0.15) is 137 Å². The Morgan fingerprint density at radius 3 is 1.00 bits per heavy atom. The van der Waals surface area contributed by atoms with Gasteiger partial charge in [-0.15, -0.1) is 11.8 Å². The molecule has 1 atom stereocenters. The maximum atomic E-state index is 11.1. The normalized spacial score (nSPS) is 8.88. The van der Waals surface area contributed by atoms with E-state index in [4.69, 9.17) is 4.74 Å². The van der Waals surface area contributed by atoms with Crippen molar-refractivity contribution >= 4 is 56.1 Å². The molecule has 0 fully saturated rings. The van der Waals surface area contributed by atoms with E-state index in [1.165, 1.54) is 31.7 Å². The lowest BCUT2D eigenvalue weighted by Gasteiger charge is -2.06. The molecule has 0 bridgehead atoms. The third kappa shape index (κ3) is 146. The smallest absolute Gasteiger partial charge is 0.173 e. The molecule has 0 radical (unpaired) electrons. The molecule has 0 heterocycles. The molecule has 0 saturated heterocycles. The van der Waals surface area contributed by atoms with Crippen LogP contribution in [0, 0.1) is 0 Å². The number of Topliss-reactive ketones (excluding diaryl/α,β-unsaturated/α-hetero) is 1.